The summed E-state index contributed by atoms with van der Waals surface area (Å²) < 4.78 is 1.72. The highest BCUT2D eigenvalue weighted by atomic mass is 16.2. The molecule has 1 aliphatic heterocycles. The fraction of sp³-hybridized carbons (Fsp3) is 0.720. The molecule has 5 rings (SSSR count). The number of aryl methyl sites for hydroxylation is 1. The molecule has 2 amide bonds. The highest BCUT2D eigenvalue weighted by molar-refractivity contribution is 6.19. The van der Waals surface area contributed by atoms with Gasteiger partial charge in [-0.05, 0) is 67.8 Å². The third kappa shape index (κ3) is 3.16. The highest BCUT2D eigenvalue weighted by Crippen LogP contribution is 2.64. The van der Waals surface area contributed by atoms with Gasteiger partial charge in [0.25, 0.3) is 11.8 Å². The molecule has 2 heterocycles. The van der Waals surface area contributed by atoms with Gasteiger partial charge in [-0.3, -0.25) is 14.3 Å². The molecule has 0 bridgehead atoms. The predicted molar refractivity (Wildman–Crippen MR) is 119 cm³/mol. The van der Waals surface area contributed by atoms with Crippen molar-refractivity contribution in [3.63, 3.8) is 0 Å². The van der Waals surface area contributed by atoms with Crippen LogP contribution in [0, 0.1) is 28.6 Å². The molecule has 6 nitrogen and oxygen atoms in total. The van der Waals surface area contributed by atoms with Crippen LogP contribution in [0.1, 0.15) is 64.5 Å². The van der Waals surface area contributed by atoms with E-state index in [-0.39, 0.29) is 23.3 Å². The van der Waals surface area contributed by atoms with Crippen LogP contribution in [0.2, 0.25) is 0 Å². The van der Waals surface area contributed by atoms with Crippen LogP contribution in [0.4, 0.5) is 0 Å². The maximum Gasteiger partial charge on any atom is 0.259 e. The Balaban J connectivity index is 1.43. The van der Waals surface area contributed by atoms with Crippen LogP contribution in [0.25, 0.3) is 0 Å². The molecular weight excluding hydrogens is 388 g/mol. The minimum atomic E-state index is -0.272. The summed E-state index contributed by atoms with van der Waals surface area (Å²) in [6.45, 7) is 5.17. The van der Waals surface area contributed by atoms with E-state index in [2.05, 4.69) is 30.3 Å². The number of nitrogens with zero attached hydrogens (tertiary/aromatic N) is 3. The van der Waals surface area contributed by atoms with Gasteiger partial charge < -0.3 is 10.2 Å². The Morgan fingerprint density at radius 3 is 2.71 bits per heavy atom. The molecule has 1 unspecified atom stereocenters. The summed E-state index contributed by atoms with van der Waals surface area (Å²) >= 11 is 0. The van der Waals surface area contributed by atoms with Crippen molar-refractivity contribution >= 4 is 11.8 Å². The van der Waals surface area contributed by atoms with Crippen molar-refractivity contribution in [2.24, 2.45) is 35.6 Å². The normalized spacial score (nSPS) is 39.4. The lowest BCUT2D eigenvalue weighted by Gasteiger charge is -2.60. The monoisotopic (exact) mass is 424 g/mol. The number of nitrogens with one attached hydrogen (secondary N) is 1. The van der Waals surface area contributed by atoms with Gasteiger partial charge in [0.1, 0.15) is 5.57 Å². The minimum Gasteiger partial charge on any atom is -0.346 e. The van der Waals surface area contributed by atoms with Gasteiger partial charge in [0.15, 0.2) is 0 Å². The van der Waals surface area contributed by atoms with Crippen LogP contribution in [-0.2, 0) is 23.2 Å². The van der Waals surface area contributed by atoms with Gasteiger partial charge in [0.05, 0.1) is 12.2 Å². The molecule has 168 valence electrons. The van der Waals surface area contributed by atoms with Crippen LogP contribution in [0.15, 0.2) is 23.9 Å². The Bertz CT molecular complexity index is 936. The molecule has 0 saturated heterocycles. The fourth-order valence-electron chi connectivity index (χ4n) is 7.87. The first-order valence-corrected chi connectivity index (χ1v) is 12.0. The van der Waals surface area contributed by atoms with Gasteiger partial charge in [-0.15, -0.1) is 0 Å². The topological polar surface area (TPSA) is 67.2 Å². The molecule has 6 atom stereocenters. The summed E-state index contributed by atoms with van der Waals surface area (Å²) in [5.74, 6) is 1.67. The first-order valence-electron chi connectivity index (χ1n) is 12.0. The lowest BCUT2D eigenvalue weighted by molar-refractivity contribution is -0.141. The van der Waals surface area contributed by atoms with Gasteiger partial charge >= 0.3 is 0 Å². The molecule has 3 saturated carbocycles. The number of hydrogen-bond donors (Lipinski definition) is 1. The quantitative estimate of drug-likeness (QED) is 0.756. The molecule has 31 heavy (non-hydrogen) atoms. The first-order chi connectivity index (χ1) is 14.7. The van der Waals surface area contributed by atoms with Crippen LogP contribution in [-0.4, -0.2) is 39.6 Å². The Hall–Kier alpha value is -2.11. The van der Waals surface area contributed by atoms with Gasteiger partial charge in [-0.25, -0.2) is 0 Å². The third-order valence-corrected chi connectivity index (χ3v) is 9.43. The summed E-state index contributed by atoms with van der Waals surface area (Å²) in [6, 6.07) is 2.08. The standard InChI is InChI=1S/C25H36N4O2/c1-24-11-5-6-19(24)17-7-8-21-25(2,20(17)9-12-24)14-18(23(31)29(21)4)22(30)26-15-16-10-13-28(3)27-16/h10,13-14,17,19-21H,5-9,11-12,15H2,1-4H3,(H,26,30)/t17-,19-,20+,21?,24-,25+/m0/s1. The zero-order chi connectivity index (χ0) is 22.0. The van der Waals surface area contributed by atoms with E-state index in [9.17, 15) is 9.59 Å². The third-order valence-electron chi connectivity index (χ3n) is 9.43. The summed E-state index contributed by atoms with van der Waals surface area (Å²) in [6.07, 6.45) is 12.8. The Labute approximate surface area is 185 Å². The highest BCUT2D eigenvalue weighted by Gasteiger charge is 2.59. The van der Waals surface area contributed by atoms with Gasteiger partial charge in [-0.2, -0.15) is 5.10 Å². The van der Waals surface area contributed by atoms with E-state index < -0.39 is 0 Å². The lowest BCUT2D eigenvalue weighted by atomic mass is 9.48. The molecule has 3 fully saturated rings. The Morgan fingerprint density at radius 2 is 1.97 bits per heavy atom. The molecule has 0 radical (unpaired) electrons. The maximum absolute atomic E-state index is 13.2. The van der Waals surface area contributed by atoms with E-state index in [4.69, 9.17) is 0 Å². The van der Waals surface area contributed by atoms with Gasteiger partial charge in [0.2, 0.25) is 0 Å². The van der Waals surface area contributed by atoms with Crippen LogP contribution in [0.3, 0.4) is 0 Å². The number of amides is 2. The van der Waals surface area contributed by atoms with E-state index >= 15 is 0 Å². The average molecular weight is 425 g/mol. The second-order valence-corrected chi connectivity index (χ2v) is 11.1. The van der Waals surface area contributed by atoms with Crippen LogP contribution >= 0.6 is 0 Å². The zero-order valence-corrected chi connectivity index (χ0v) is 19.4. The summed E-state index contributed by atoms with van der Waals surface area (Å²) in [5.41, 5.74) is 1.49. The van der Waals surface area contributed by atoms with Crippen LogP contribution < -0.4 is 5.32 Å². The molecule has 4 aliphatic rings. The second kappa shape index (κ2) is 7.21. The molecule has 6 heteroatoms. The number of carbonyl (C=O) groups is 2. The maximum atomic E-state index is 13.2. The molecule has 1 N–H and O–H groups in total. The second-order valence-electron chi connectivity index (χ2n) is 11.1. The molecule has 0 spiro atoms. The first kappa shape index (κ1) is 20.8. The van der Waals surface area contributed by atoms with Crippen molar-refractivity contribution in [2.75, 3.05) is 7.05 Å². The van der Waals surface area contributed by atoms with E-state index in [1.165, 1.54) is 38.5 Å². The van der Waals surface area contributed by atoms with Gasteiger partial charge in [-0.1, -0.05) is 26.3 Å². The largest absolute Gasteiger partial charge is 0.346 e. The van der Waals surface area contributed by atoms with Crippen LogP contribution in [0.5, 0.6) is 0 Å². The number of hydrogen-bond acceptors (Lipinski definition) is 3. The van der Waals surface area contributed by atoms with Crippen molar-refractivity contribution in [1.82, 2.24) is 20.0 Å². The number of likely N-dealkylation sites (N-methyl/N-ethyl adjacent to an activating group) is 1. The Morgan fingerprint density at radius 1 is 1.16 bits per heavy atom. The molecule has 1 aromatic rings. The van der Waals surface area contributed by atoms with Crippen molar-refractivity contribution < 1.29 is 9.59 Å². The van der Waals surface area contributed by atoms with Crippen molar-refractivity contribution in [3.05, 3.63) is 29.6 Å². The smallest absolute Gasteiger partial charge is 0.259 e. The van der Waals surface area contributed by atoms with E-state index in [0.717, 1.165) is 24.0 Å². The number of rotatable bonds is 3. The predicted octanol–water partition coefficient (Wildman–Crippen LogP) is 3.44. The lowest BCUT2D eigenvalue weighted by Crippen LogP contribution is -2.61. The van der Waals surface area contributed by atoms with E-state index in [1.807, 2.05) is 31.3 Å². The Kier molecular flexibility index (Phi) is 4.83. The average Bonchev–Trinajstić information content (AvgIpc) is 3.34. The van der Waals surface area contributed by atoms with E-state index in [1.54, 1.807) is 4.68 Å². The number of fused-ring (bicyclic) bond motifs is 5. The molecule has 1 aromatic heterocycles. The van der Waals surface area contributed by atoms with Crippen molar-refractivity contribution in [3.8, 4) is 0 Å². The van der Waals surface area contributed by atoms with Crippen molar-refractivity contribution in [1.29, 1.82) is 0 Å². The number of aromatic nitrogens is 2. The molecule has 3 aliphatic carbocycles. The van der Waals surface area contributed by atoms with E-state index in [0.29, 0.717) is 23.5 Å². The van der Waals surface area contributed by atoms with Crippen molar-refractivity contribution in [2.45, 2.75) is 71.4 Å². The summed E-state index contributed by atoms with van der Waals surface area (Å²) in [5, 5.41) is 7.25. The zero-order valence-electron chi connectivity index (χ0n) is 19.4. The molecular formula is C25H36N4O2. The molecule has 0 aromatic carbocycles. The minimum absolute atomic E-state index is 0.132. The SMILES string of the molecule is CN1C(=O)C(C(=O)NCc2ccn(C)n2)=C[C@@]2(C)C1CC[C@@H]1[C@H]2CC[C@]2(C)CCC[C@@H]12. The summed E-state index contributed by atoms with van der Waals surface area (Å²) in [4.78, 5) is 28.1. The fourth-order valence-corrected chi connectivity index (χ4v) is 7.87. The number of carbonyl (C=O) groups excluding carboxylic acids is 2. The van der Waals surface area contributed by atoms with Gasteiger partial charge in [0, 0.05) is 31.7 Å². The summed E-state index contributed by atoms with van der Waals surface area (Å²) in [7, 11) is 3.75.